The van der Waals surface area contributed by atoms with Gasteiger partial charge in [0.25, 0.3) is 0 Å². The number of hydrogen-bond acceptors (Lipinski definition) is 4. The van der Waals surface area contributed by atoms with Gasteiger partial charge in [0.15, 0.2) is 5.82 Å². The van der Waals surface area contributed by atoms with Gasteiger partial charge in [-0.2, -0.15) is 0 Å². The van der Waals surface area contributed by atoms with Crippen LogP contribution < -0.4 is 10.4 Å². The number of benzene rings is 1. The molecular weight excluding hydrogens is 275 g/mol. The van der Waals surface area contributed by atoms with Crippen LogP contribution in [0.25, 0.3) is 22.3 Å². The van der Waals surface area contributed by atoms with Crippen molar-refractivity contribution in [3.05, 3.63) is 42.7 Å². The number of rotatable bonds is 2. The SMILES string of the molecule is Bc1ccc2nc(-c3cccnc3)nc(N(C)C(C)=O)c2c1. The van der Waals surface area contributed by atoms with Gasteiger partial charge in [-0.15, -0.1) is 0 Å². The van der Waals surface area contributed by atoms with Crippen molar-refractivity contribution in [2.75, 3.05) is 11.9 Å². The molecule has 0 bridgehead atoms. The molecule has 1 amide bonds. The van der Waals surface area contributed by atoms with Gasteiger partial charge in [0.1, 0.15) is 13.7 Å². The van der Waals surface area contributed by atoms with Crippen molar-refractivity contribution in [1.29, 1.82) is 0 Å². The Hall–Kier alpha value is -2.76. The topological polar surface area (TPSA) is 59.0 Å². The first-order chi connectivity index (χ1) is 10.6. The summed E-state index contributed by atoms with van der Waals surface area (Å²) in [6, 6.07) is 9.69. The normalized spacial score (nSPS) is 10.6. The highest BCUT2D eigenvalue weighted by molar-refractivity contribution is 6.33. The zero-order chi connectivity index (χ0) is 15.7. The molecule has 0 unspecified atom stereocenters. The van der Waals surface area contributed by atoms with Gasteiger partial charge in [-0.3, -0.25) is 14.7 Å². The third-order valence-electron chi connectivity index (χ3n) is 3.54. The molecule has 0 radical (unpaired) electrons. The van der Waals surface area contributed by atoms with E-state index in [0.717, 1.165) is 21.9 Å². The molecule has 1 aromatic carbocycles. The molecule has 0 aliphatic carbocycles. The Bertz CT molecular complexity index is 851. The van der Waals surface area contributed by atoms with E-state index in [2.05, 4.69) is 15.0 Å². The van der Waals surface area contributed by atoms with E-state index < -0.39 is 0 Å². The van der Waals surface area contributed by atoms with Gasteiger partial charge in [0, 0.05) is 37.3 Å². The van der Waals surface area contributed by atoms with E-state index in [1.165, 1.54) is 6.92 Å². The number of carbonyl (C=O) groups is 1. The fourth-order valence-corrected chi connectivity index (χ4v) is 2.26. The van der Waals surface area contributed by atoms with Crippen LogP contribution in [-0.2, 0) is 4.79 Å². The van der Waals surface area contributed by atoms with Crippen molar-refractivity contribution in [3.8, 4) is 11.4 Å². The lowest BCUT2D eigenvalue weighted by molar-refractivity contribution is -0.116. The molecular formula is C16H15BN4O. The second-order valence-electron chi connectivity index (χ2n) is 5.21. The van der Waals surface area contributed by atoms with Crippen molar-refractivity contribution in [2.24, 2.45) is 0 Å². The van der Waals surface area contributed by atoms with Crippen LogP contribution in [0.4, 0.5) is 5.82 Å². The Kier molecular flexibility index (Phi) is 3.59. The number of amides is 1. The van der Waals surface area contributed by atoms with Gasteiger partial charge in [0.2, 0.25) is 5.91 Å². The highest BCUT2D eigenvalue weighted by Gasteiger charge is 2.15. The monoisotopic (exact) mass is 290 g/mol. The first-order valence-electron chi connectivity index (χ1n) is 6.99. The van der Waals surface area contributed by atoms with Crippen LogP contribution in [-0.4, -0.2) is 35.8 Å². The summed E-state index contributed by atoms with van der Waals surface area (Å²) in [7, 11) is 3.73. The van der Waals surface area contributed by atoms with E-state index in [4.69, 9.17) is 0 Å². The van der Waals surface area contributed by atoms with Gasteiger partial charge >= 0.3 is 0 Å². The summed E-state index contributed by atoms with van der Waals surface area (Å²) in [4.78, 5) is 26.6. The summed E-state index contributed by atoms with van der Waals surface area (Å²) in [6.07, 6.45) is 3.42. The zero-order valence-electron chi connectivity index (χ0n) is 12.7. The van der Waals surface area contributed by atoms with Crippen LogP contribution >= 0.6 is 0 Å². The van der Waals surface area contributed by atoms with Crippen molar-refractivity contribution >= 4 is 35.9 Å². The minimum atomic E-state index is -0.0707. The number of nitrogens with zero attached hydrogens (tertiary/aromatic N) is 4. The molecule has 0 fully saturated rings. The Morgan fingerprint density at radius 1 is 1.23 bits per heavy atom. The molecule has 0 atom stereocenters. The maximum atomic E-state index is 11.8. The van der Waals surface area contributed by atoms with Gasteiger partial charge in [0.05, 0.1) is 5.52 Å². The fourth-order valence-electron chi connectivity index (χ4n) is 2.26. The summed E-state index contributed by atoms with van der Waals surface area (Å²) in [5.74, 6) is 1.10. The van der Waals surface area contributed by atoms with Gasteiger partial charge in [-0.05, 0) is 18.2 Å². The molecule has 22 heavy (non-hydrogen) atoms. The molecule has 6 heteroatoms. The molecule has 0 saturated carbocycles. The molecule has 2 aromatic heterocycles. The summed E-state index contributed by atoms with van der Waals surface area (Å²) in [5.41, 5.74) is 2.73. The van der Waals surface area contributed by atoms with Crippen LogP contribution in [0.15, 0.2) is 42.7 Å². The highest BCUT2D eigenvalue weighted by atomic mass is 16.2. The van der Waals surface area contributed by atoms with Crippen LogP contribution in [0, 0.1) is 0 Å². The smallest absolute Gasteiger partial charge is 0.224 e. The Morgan fingerprint density at radius 3 is 2.73 bits per heavy atom. The lowest BCUT2D eigenvalue weighted by atomic mass is 9.94. The van der Waals surface area contributed by atoms with Crippen molar-refractivity contribution < 1.29 is 4.79 Å². The van der Waals surface area contributed by atoms with Crippen LogP contribution in [0.1, 0.15) is 6.92 Å². The number of hydrogen-bond donors (Lipinski definition) is 0. The summed E-state index contributed by atoms with van der Waals surface area (Å²) in [5, 5.41) is 0.866. The van der Waals surface area contributed by atoms with Gasteiger partial charge in [-0.1, -0.05) is 17.6 Å². The molecule has 3 rings (SSSR count). The minimum absolute atomic E-state index is 0.0707. The number of anilines is 1. The van der Waals surface area contributed by atoms with Gasteiger partial charge < -0.3 is 0 Å². The van der Waals surface area contributed by atoms with Crippen LogP contribution in [0.5, 0.6) is 0 Å². The largest absolute Gasteiger partial charge is 0.300 e. The van der Waals surface area contributed by atoms with E-state index >= 15 is 0 Å². The molecule has 2 heterocycles. The first-order valence-corrected chi connectivity index (χ1v) is 6.99. The second kappa shape index (κ2) is 5.56. The quantitative estimate of drug-likeness (QED) is 0.659. The van der Waals surface area contributed by atoms with E-state index in [0.29, 0.717) is 11.6 Å². The standard InChI is InChI=1S/C16H15BN4O/c1-10(22)21(2)16-13-8-12(17)5-6-14(13)19-15(20-16)11-4-3-7-18-9-11/h3-9H,17H2,1-2H3. The third kappa shape index (κ3) is 2.55. The molecule has 108 valence electrons. The average molecular weight is 290 g/mol. The number of fused-ring (bicyclic) bond motifs is 1. The predicted octanol–water partition coefficient (Wildman–Crippen LogP) is 0.933. The third-order valence-corrected chi connectivity index (χ3v) is 3.54. The Labute approximate surface area is 129 Å². The van der Waals surface area contributed by atoms with Crippen molar-refractivity contribution in [1.82, 2.24) is 15.0 Å². The summed E-state index contributed by atoms with van der Waals surface area (Å²) < 4.78 is 0. The molecule has 0 spiro atoms. The molecule has 5 nitrogen and oxygen atoms in total. The fraction of sp³-hybridized carbons (Fsp3) is 0.125. The molecule has 0 aliphatic heterocycles. The molecule has 0 saturated heterocycles. The first kappa shape index (κ1) is 14.2. The maximum absolute atomic E-state index is 11.8. The lowest BCUT2D eigenvalue weighted by Crippen LogP contribution is -2.24. The van der Waals surface area contributed by atoms with E-state index in [9.17, 15) is 4.79 Å². The van der Waals surface area contributed by atoms with Crippen molar-refractivity contribution in [3.63, 3.8) is 0 Å². The Morgan fingerprint density at radius 2 is 2.05 bits per heavy atom. The van der Waals surface area contributed by atoms with E-state index in [-0.39, 0.29) is 5.91 Å². The molecule has 3 aromatic rings. The number of pyridine rings is 1. The molecule has 0 N–H and O–H groups in total. The Balaban J connectivity index is 2.29. The maximum Gasteiger partial charge on any atom is 0.224 e. The predicted molar refractivity (Wildman–Crippen MR) is 90.0 cm³/mol. The number of aromatic nitrogens is 3. The van der Waals surface area contributed by atoms with Crippen LogP contribution in [0.3, 0.4) is 0 Å². The highest BCUT2D eigenvalue weighted by Crippen LogP contribution is 2.26. The molecule has 0 aliphatic rings. The second-order valence-corrected chi connectivity index (χ2v) is 5.21. The zero-order valence-corrected chi connectivity index (χ0v) is 12.7. The van der Waals surface area contributed by atoms with E-state index in [1.807, 2.05) is 38.2 Å². The lowest BCUT2D eigenvalue weighted by Gasteiger charge is -2.17. The average Bonchev–Trinajstić information content (AvgIpc) is 2.54. The summed E-state index contributed by atoms with van der Waals surface area (Å²) >= 11 is 0. The van der Waals surface area contributed by atoms with E-state index in [1.54, 1.807) is 24.3 Å². The van der Waals surface area contributed by atoms with Crippen molar-refractivity contribution in [2.45, 2.75) is 6.92 Å². The number of carbonyl (C=O) groups excluding carboxylic acids is 1. The van der Waals surface area contributed by atoms with Gasteiger partial charge in [-0.25, -0.2) is 9.97 Å². The minimum Gasteiger partial charge on any atom is -0.300 e. The summed E-state index contributed by atoms with van der Waals surface area (Å²) in [6.45, 7) is 1.52. The van der Waals surface area contributed by atoms with Crippen LogP contribution in [0.2, 0.25) is 0 Å².